The number of hydrogen-bond acceptors (Lipinski definition) is 6. The quantitative estimate of drug-likeness (QED) is 0.558. The number of aliphatic carboxylic acids is 1. The Kier molecular flexibility index (Phi) is 6.70. The van der Waals surface area contributed by atoms with Gasteiger partial charge in [0.05, 0.1) is 11.5 Å². The highest BCUT2D eigenvalue weighted by molar-refractivity contribution is 5.69. The number of carboxylic acids is 1. The van der Waals surface area contributed by atoms with Crippen molar-refractivity contribution in [3.8, 4) is 5.75 Å². The maximum atomic E-state index is 11.0. The molecule has 8 heteroatoms. The minimum absolute atomic E-state index is 0.00412. The second-order valence-corrected chi connectivity index (χ2v) is 6.56. The number of hydrogen-bond donors (Lipinski definition) is 1. The van der Waals surface area contributed by atoms with Gasteiger partial charge in [-0.2, -0.15) is 0 Å². The summed E-state index contributed by atoms with van der Waals surface area (Å²) in [5, 5.41) is 19.9. The molecule has 0 saturated carbocycles. The Morgan fingerprint density at radius 1 is 1.42 bits per heavy atom. The summed E-state index contributed by atoms with van der Waals surface area (Å²) in [5.74, 6) is -0.244. The van der Waals surface area contributed by atoms with Gasteiger partial charge in [0.15, 0.2) is 0 Å². The number of non-ortho nitro benzene ring substituents is 1. The van der Waals surface area contributed by atoms with Gasteiger partial charge < -0.3 is 9.84 Å². The van der Waals surface area contributed by atoms with E-state index in [0.29, 0.717) is 24.5 Å². The van der Waals surface area contributed by atoms with Crippen LogP contribution in [0, 0.1) is 10.1 Å². The first-order valence-corrected chi connectivity index (χ1v) is 8.55. The minimum atomic E-state index is -0.810. The summed E-state index contributed by atoms with van der Waals surface area (Å²) >= 11 is 0. The molecule has 2 rings (SSSR count). The number of piperazine rings is 1. The number of nitrogens with zero attached hydrogens (tertiary/aromatic N) is 3. The molecular weight excluding hydrogens is 338 g/mol. The molecule has 2 atom stereocenters. The van der Waals surface area contributed by atoms with E-state index in [4.69, 9.17) is 9.84 Å². The van der Waals surface area contributed by atoms with Crippen LogP contribution in [0.2, 0.25) is 0 Å². The molecule has 1 aliphatic heterocycles. The van der Waals surface area contributed by atoms with Gasteiger partial charge in [-0.3, -0.25) is 24.7 Å². The number of nitro groups is 1. The van der Waals surface area contributed by atoms with E-state index in [-0.39, 0.29) is 24.3 Å². The van der Waals surface area contributed by atoms with Gasteiger partial charge in [-0.1, -0.05) is 12.7 Å². The number of carboxylic acid groups (broad SMARTS) is 1. The van der Waals surface area contributed by atoms with Crippen molar-refractivity contribution >= 4 is 17.7 Å². The van der Waals surface area contributed by atoms with Gasteiger partial charge in [0.1, 0.15) is 12.4 Å². The van der Waals surface area contributed by atoms with Crippen LogP contribution in [0.1, 0.15) is 19.4 Å². The Hall–Kier alpha value is -2.45. The lowest BCUT2D eigenvalue weighted by Crippen LogP contribution is -2.58. The van der Waals surface area contributed by atoms with Gasteiger partial charge >= 0.3 is 5.97 Å². The SMILES string of the molecule is C=Cc1cc([N+](=O)[O-])ccc1OCCN1C[C@@H](C)N(CC(=O)O)[C@@H](C)C1. The van der Waals surface area contributed by atoms with Crippen molar-refractivity contribution in [3.05, 3.63) is 40.5 Å². The third-order valence-electron chi connectivity index (χ3n) is 4.58. The first-order valence-electron chi connectivity index (χ1n) is 8.55. The molecule has 1 aromatic carbocycles. The fourth-order valence-electron chi connectivity index (χ4n) is 3.34. The third-order valence-corrected chi connectivity index (χ3v) is 4.58. The Labute approximate surface area is 152 Å². The molecule has 1 aliphatic rings. The van der Waals surface area contributed by atoms with Crippen LogP contribution in [0.5, 0.6) is 5.75 Å². The summed E-state index contributed by atoms with van der Waals surface area (Å²) < 4.78 is 5.78. The molecule has 26 heavy (non-hydrogen) atoms. The van der Waals surface area contributed by atoms with E-state index in [0.717, 1.165) is 13.1 Å². The number of rotatable bonds is 8. The lowest BCUT2D eigenvalue weighted by Gasteiger charge is -2.43. The van der Waals surface area contributed by atoms with Gasteiger partial charge in [0.2, 0.25) is 0 Å². The van der Waals surface area contributed by atoms with Crippen LogP contribution < -0.4 is 4.74 Å². The van der Waals surface area contributed by atoms with Gasteiger partial charge in [-0.05, 0) is 19.9 Å². The molecule has 142 valence electrons. The molecule has 0 spiro atoms. The van der Waals surface area contributed by atoms with Crippen LogP contribution in [0.15, 0.2) is 24.8 Å². The average molecular weight is 363 g/mol. The van der Waals surface area contributed by atoms with Crippen molar-refractivity contribution < 1.29 is 19.6 Å². The lowest BCUT2D eigenvalue weighted by atomic mass is 10.1. The van der Waals surface area contributed by atoms with E-state index in [9.17, 15) is 14.9 Å². The van der Waals surface area contributed by atoms with Gasteiger partial charge in [0.25, 0.3) is 5.69 Å². The first-order chi connectivity index (χ1) is 12.3. The largest absolute Gasteiger partial charge is 0.492 e. The molecule has 0 unspecified atom stereocenters. The molecule has 0 bridgehead atoms. The topological polar surface area (TPSA) is 96.2 Å². The Morgan fingerprint density at radius 3 is 2.62 bits per heavy atom. The van der Waals surface area contributed by atoms with Crippen molar-refractivity contribution in [1.82, 2.24) is 9.80 Å². The summed E-state index contributed by atoms with van der Waals surface area (Å²) in [6.07, 6.45) is 1.54. The van der Waals surface area contributed by atoms with Crippen LogP contribution in [-0.2, 0) is 4.79 Å². The standard InChI is InChI=1S/C18H25N3O5/c1-4-15-9-16(21(24)25)5-6-17(15)26-8-7-19-10-13(2)20(12-18(22)23)14(3)11-19/h4-6,9,13-14H,1,7-8,10-12H2,2-3H3,(H,22,23)/t13-,14+. The van der Waals surface area contributed by atoms with Crippen molar-refractivity contribution in [1.29, 1.82) is 0 Å². The number of carbonyl (C=O) groups is 1. The van der Waals surface area contributed by atoms with Gasteiger partial charge in [-0.25, -0.2) is 0 Å². The summed E-state index contributed by atoms with van der Waals surface area (Å²) in [4.78, 5) is 25.6. The van der Waals surface area contributed by atoms with Crippen LogP contribution in [-0.4, -0.2) is 70.7 Å². The zero-order chi connectivity index (χ0) is 19.3. The van der Waals surface area contributed by atoms with Crippen LogP contribution in [0.25, 0.3) is 6.08 Å². The maximum Gasteiger partial charge on any atom is 0.317 e. The molecule has 0 radical (unpaired) electrons. The van der Waals surface area contributed by atoms with Gasteiger partial charge in [-0.15, -0.1) is 0 Å². The minimum Gasteiger partial charge on any atom is -0.492 e. The smallest absolute Gasteiger partial charge is 0.317 e. The molecule has 1 N–H and O–H groups in total. The van der Waals surface area contributed by atoms with Crippen molar-refractivity contribution in [2.24, 2.45) is 0 Å². The molecule has 1 aromatic rings. The average Bonchev–Trinajstić information content (AvgIpc) is 2.58. The summed E-state index contributed by atoms with van der Waals surface area (Å²) in [5.41, 5.74) is 0.594. The highest BCUT2D eigenvalue weighted by atomic mass is 16.6. The highest BCUT2D eigenvalue weighted by Crippen LogP contribution is 2.25. The molecule has 1 heterocycles. The second-order valence-electron chi connectivity index (χ2n) is 6.56. The Bertz CT molecular complexity index is 667. The van der Waals surface area contributed by atoms with Crippen molar-refractivity contribution in [3.63, 3.8) is 0 Å². The molecule has 8 nitrogen and oxygen atoms in total. The van der Waals surface area contributed by atoms with E-state index in [1.165, 1.54) is 18.2 Å². The normalized spacial score (nSPS) is 21.3. The number of ether oxygens (including phenoxy) is 1. The monoisotopic (exact) mass is 363 g/mol. The molecule has 1 fully saturated rings. The van der Waals surface area contributed by atoms with Crippen LogP contribution in [0.3, 0.4) is 0 Å². The fourth-order valence-corrected chi connectivity index (χ4v) is 3.34. The van der Waals surface area contributed by atoms with Crippen molar-refractivity contribution in [2.45, 2.75) is 25.9 Å². The van der Waals surface area contributed by atoms with Crippen LogP contribution in [0.4, 0.5) is 5.69 Å². The molecule has 0 amide bonds. The second kappa shape index (κ2) is 8.77. The van der Waals surface area contributed by atoms with E-state index in [1.807, 2.05) is 18.7 Å². The number of benzene rings is 1. The highest BCUT2D eigenvalue weighted by Gasteiger charge is 2.30. The summed E-state index contributed by atoms with van der Waals surface area (Å²) in [7, 11) is 0. The van der Waals surface area contributed by atoms with E-state index in [1.54, 1.807) is 6.07 Å². The fraction of sp³-hybridized carbons (Fsp3) is 0.500. The Balaban J connectivity index is 1.89. The zero-order valence-corrected chi connectivity index (χ0v) is 15.1. The molecule has 1 saturated heterocycles. The third kappa shape index (κ3) is 5.03. The first kappa shape index (κ1) is 19.9. The van der Waals surface area contributed by atoms with E-state index < -0.39 is 10.9 Å². The number of nitro benzene ring substituents is 1. The van der Waals surface area contributed by atoms with Crippen LogP contribution >= 0.6 is 0 Å². The zero-order valence-electron chi connectivity index (χ0n) is 15.1. The molecular formula is C18H25N3O5. The maximum absolute atomic E-state index is 11.0. The van der Waals surface area contributed by atoms with E-state index >= 15 is 0 Å². The molecule has 0 aromatic heterocycles. The molecule has 0 aliphatic carbocycles. The van der Waals surface area contributed by atoms with E-state index in [2.05, 4.69) is 11.5 Å². The van der Waals surface area contributed by atoms with Crippen molar-refractivity contribution in [2.75, 3.05) is 32.8 Å². The summed E-state index contributed by atoms with van der Waals surface area (Å²) in [6.45, 7) is 10.5. The lowest BCUT2D eigenvalue weighted by molar-refractivity contribution is -0.384. The van der Waals surface area contributed by atoms with Gasteiger partial charge in [0, 0.05) is 49.4 Å². The predicted molar refractivity (Wildman–Crippen MR) is 98.4 cm³/mol. The predicted octanol–water partition coefficient (Wildman–Crippen LogP) is 2.10. The Morgan fingerprint density at radius 2 is 2.08 bits per heavy atom. The summed E-state index contributed by atoms with van der Waals surface area (Å²) in [6, 6.07) is 4.75.